The molecule has 1 aromatic rings. The lowest BCUT2D eigenvalue weighted by Crippen LogP contribution is -2.17. The number of nitrogens with two attached hydrogens (primary N) is 1. The van der Waals surface area contributed by atoms with Gasteiger partial charge in [-0.1, -0.05) is 12.2 Å². The summed E-state index contributed by atoms with van der Waals surface area (Å²) in [6, 6.07) is 6.01. The summed E-state index contributed by atoms with van der Waals surface area (Å²) in [4.78, 5) is 0.422. The zero-order chi connectivity index (χ0) is 12.5. The molecule has 0 spiro atoms. The number of nitrogens with one attached hydrogen (secondary N) is 1. The van der Waals surface area contributed by atoms with Crippen LogP contribution in [0.25, 0.3) is 0 Å². The van der Waals surface area contributed by atoms with Crippen LogP contribution in [0, 0.1) is 0 Å². The summed E-state index contributed by atoms with van der Waals surface area (Å²) in [5.41, 5.74) is 7.61. The highest BCUT2D eigenvalue weighted by Gasteiger charge is 2.41. The van der Waals surface area contributed by atoms with Gasteiger partial charge in [-0.25, -0.2) is 0 Å². The van der Waals surface area contributed by atoms with Gasteiger partial charge in [-0.3, -0.25) is 0 Å². The SMILES string of the molecule is CSC1(CNc2ccc(C(N)=S)c(Br)c2)CC1. The van der Waals surface area contributed by atoms with E-state index in [1.54, 1.807) is 0 Å². The van der Waals surface area contributed by atoms with Gasteiger partial charge >= 0.3 is 0 Å². The molecule has 92 valence electrons. The smallest absolute Gasteiger partial charge is 0.105 e. The van der Waals surface area contributed by atoms with Gasteiger partial charge in [0.05, 0.1) is 0 Å². The van der Waals surface area contributed by atoms with Gasteiger partial charge in [0.15, 0.2) is 0 Å². The molecule has 1 aromatic carbocycles. The number of halogens is 1. The molecule has 0 unspecified atom stereocenters. The number of rotatable bonds is 5. The van der Waals surface area contributed by atoms with Crippen LogP contribution in [0.2, 0.25) is 0 Å². The van der Waals surface area contributed by atoms with Crippen molar-refractivity contribution in [1.82, 2.24) is 0 Å². The van der Waals surface area contributed by atoms with E-state index in [-0.39, 0.29) is 0 Å². The third kappa shape index (κ3) is 3.14. The molecule has 0 saturated heterocycles. The van der Waals surface area contributed by atoms with Gasteiger partial charge in [-0.2, -0.15) is 11.8 Å². The Balaban J connectivity index is 2.03. The van der Waals surface area contributed by atoms with Gasteiger partial charge < -0.3 is 11.1 Å². The van der Waals surface area contributed by atoms with Gasteiger partial charge in [-0.15, -0.1) is 0 Å². The van der Waals surface area contributed by atoms with Crippen molar-refractivity contribution in [3.05, 3.63) is 28.2 Å². The number of thioether (sulfide) groups is 1. The van der Waals surface area contributed by atoms with Gasteiger partial charge in [0.2, 0.25) is 0 Å². The largest absolute Gasteiger partial charge is 0.389 e. The van der Waals surface area contributed by atoms with Gasteiger partial charge in [-0.05, 0) is 53.2 Å². The van der Waals surface area contributed by atoms with Crippen LogP contribution in [0.5, 0.6) is 0 Å². The molecule has 0 aromatic heterocycles. The maximum absolute atomic E-state index is 5.62. The third-order valence-corrected chi connectivity index (χ3v) is 5.38. The standard InChI is InChI=1S/C12H15BrN2S2/c1-17-12(4-5-12)7-15-8-2-3-9(11(14)16)10(13)6-8/h2-3,6,15H,4-5,7H2,1H3,(H2,14,16). The number of benzene rings is 1. The van der Waals surface area contributed by atoms with E-state index in [9.17, 15) is 0 Å². The zero-order valence-electron chi connectivity index (χ0n) is 9.63. The summed E-state index contributed by atoms with van der Waals surface area (Å²) in [6.07, 6.45) is 4.81. The summed E-state index contributed by atoms with van der Waals surface area (Å²) in [5.74, 6) is 0. The first kappa shape index (κ1) is 13.2. The molecule has 0 radical (unpaired) electrons. The Bertz CT molecular complexity index is 444. The Labute approximate surface area is 120 Å². The van der Waals surface area contributed by atoms with Crippen molar-refractivity contribution in [2.75, 3.05) is 18.1 Å². The lowest BCUT2D eigenvalue weighted by molar-refractivity contribution is 0.949. The van der Waals surface area contributed by atoms with E-state index in [0.29, 0.717) is 9.74 Å². The van der Waals surface area contributed by atoms with E-state index in [1.807, 2.05) is 30.0 Å². The molecule has 1 fully saturated rings. The molecule has 0 atom stereocenters. The number of hydrogen-bond donors (Lipinski definition) is 2. The number of anilines is 1. The van der Waals surface area contributed by atoms with E-state index in [1.165, 1.54) is 12.8 Å². The average molecular weight is 331 g/mol. The molecular weight excluding hydrogens is 316 g/mol. The molecule has 2 rings (SSSR count). The first-order valence-electron chi connectivity index (χ1n) is 5.45. The molecule has 2 nitrogen and oxygen atoms in total. The second kappa shape index (κ2) is 5.16. The fourth-order valence-electron chi connectivity index (χ4n) is 1.68. The first-order chi connectivity index (χ1) is 8.06. The fourth-order valence-corrected chi connectivity index (χ4v) is 3.31. The maximum atomic E-state index is 5.62. The van der Waals surface area contributed by atoms with Crippen molar-refractivity contribution in [2.24, 2.45) is 5.73 Å². The predicted molar refractivity (Wildman–Crippen MR) is 84.0 cm³/mol. The lowest BCUT2D eigenvalue weighted by atomic mass is 10.2. The van der Waals surface area contributed by atoms with Crippen molar-refractivity contribution in [3.63, 3.8) is 0 Å². The molecular formula is C12H15BrN2S2. The Hall–Kier alpha value is -0.260. The molecule has 17 heavy (non-hydrogen) atoms. The van der Waals surface area contributed by atoms with Crippen molar-refractivity contribution in [1.29, 1.82) is 0 Å². The number of thiocarbonyl (C=S) groups is 1. The summed E-state index contributed by atoms with van der Waals surface area (Å²) in [6.45, 7) is 1.02. The highest BCUT2D eigenvalue weighted by molar-refractivity contribution is 9.10. The van der Waals surface area contributed by atoms with Crippen molar-refractivity contribution in [2.45, 2.75) is 17.6 Å². The van der Waals surface area contributed by atoms with Gasteiger partial charge in [0.1, 0.15) is 4.99 Å². The van der Waals surface area contributed by atoms with Crippen LogP contribution in [0.1, 0.15) is 18.4 Å². The minimum atomic E-state index is 0.422. The quantitative estimate of drug-likeness (QED) is 0.811. The van der Waals surface area contributed by atoms with Crippen LogP contribution < -0.4 is 11.1 Å². The van der Waals surface area contributed by atoms with Crippen LogP contribution in [-0.4, -0.2) is 22.5 Å². The molecule has 1 aliphatic carbocycles. The Kier molecular flexibility index (Phi) is 4.00. The van der Waals surface area contributed by atoms with Gasteiger partial charge in [0.25, 0.3) is 0 Å². The normalized spacial score (nSPS) is 16.6. The van der Waals surface area contributed by atoms with Crippen LogP contribution in [0.4, 0.5) is 5.69 Å². The van der Waals surface area contributed by atoms with Crippen LogP contribution >= 0.6 is 39.9 Å². The van der Waals surface area contributed by atoms with Crippen molar-refractivity contribution < 1.29 is 0 Å². The van der Waals surface area contributed by atoms with Crippen LogP contribution in [0.15, 0.2) is 22.7 Å². The highest BCUT2D eigenvalue weighted by atomic mass is 79.9. The summed E-state index contributed by atoms with van der Waals surface area (Å²) < 4.78 is 1.41. The topological polar surface area (TPSA) is 38.0 Å². The van der Waals surface area contributed by atoms with Crippen LogP contribution in [-0.2, 0) is 0 Å². The minimum absolute atomic E-state index is 0.422. The fraction of sp³-hybridized carbons (Fsp3) is 0.417. The average Bonchev–Trinajstić information content (AvgIpc) is 3.07. The van der Waals surface area contributed by atoms with E-state index < -0.39 is 0 Å². The Morgan fingerprint density at radius 2 is 2.29 bits per heavy atom. The Morgan fingerprint density at radius 1 is 1.59 bits per heavy atom. The molecule has 0 amide bonds. The second-order valence-corrected chi connectivity index (χ2v) is 6.87. The van der Waals surface area contributed by atoms with E-state index in [0.717, 1.165) is 22.3 Å². The molecule has 0 bridgehead atoms. The monoisotopic (exact) mass is 330 g/mol. The summed E-state index contributed by atoms with van der Waals surface area (Å²) in [5, 5.41) is 3.47. The van der Waals surface area contributed by atoms with E-state index >= 15 is 0 Å². The third-order valence-electron chi connectivity index (χ3n) is 3.09. The van der Waals surface area contributed by atoms with Crippen molar-refractivity contribution >= 4 is 50.6 Å². The lowest BCUT2D eigenvalue weighted by Gasteiger charge is -2.15. The van der Waals surface area contributed by atoms with E-state index in [4.69, 9.17) is 18.0 Å². The molecule has 0 aliphatic heterocycles. The highest BCUT2D eigenvalue weighted by Crippen LogP contribution is 2.47. The molecule has 0 heterocycles. The van der Waals surface area contributed by atoms with E-state index in [2.05, 4.69) is 27.5 Å². The zero-order valence-corrected chi connectivity index (χ0v) is 12.8. The second-order valence-electron chi connectivity index (χ2n) is 4.30. The van der Waals surface area contributed by atoms with Crippen LogP contribution in [0.3, 0.4) is 0 Å². The van der Waals surface area contributed by atoms with Gasteiger partial charge in [0, 0.05) is 27.0 Å². The molecule has 5 heteroatoms. The summed E-state index contributed by atoms with van der Waals surface area (Å²) >= 11 is 10.4. The predicted octanol–water partition coefficient (Wildman–Crippen LogP) is 3.39. The summed E-state index contributed by atoms with van der Waals surface area (Å²) in [7, 11) is 0. The minimum Gasteiger partial charge on any atom is -0.389 e. The maximum Gasteiger partial charge on any atom is 0.105 e. The molecule has 3 N–H and O–H groups in total. The first-order valence-corrected chi connectivity index (χ1v) is 7.87. The van der Waals surface area contributed by atoms with Crippen molar-refractivity contribution in [3.8, 4) is 0 Å². The molecule has 1 aliphatic rings. The number of hydrogen-bond acceptors (Lipinski definition) is 3. The Morgan fingerprint density at radius 3 is 2.76 bits per heavy atom. The molecule has 1 saturated carbocycles.